The van der Waals surface area contributed by atoms with Gasteiger partial charge in [-0.25, -0.2) is 4.79 Å². The lowest BCUT2D eigenvalue weighted by Crippen LogP contribution is -2.48. The van der Waals surface area contributed by atoms with Gasteiger partial charge in [-0.05, 0) is 39.5 Å². The molecule has 0 aromatic rings. The Morgan fingerprint density at radius 2 is 1.65 bits per heavy atom. The predicted molar refractivity (Wildman–Crippen MR) is 79.6 cm³/mol. The molecule has 1 N–H and O–H groups in total. The second-order valence-corrected chi connectivity index (χ2v) is 7.11. The summed E-state index contributed by atoms with van der Waals surface area (Å²) in [5, 5.41) is 2.76. The molecule has 0 saturated heterocycles. The van der Waals surface area contributed by atoms with Crippen molar-refractivity contribution in [2.75, 3.05) is 0 Å². The molecule has 0 aromatic heterocycles. The lowest BCUT2D eigenvalue weighted by molar-refractivity contribution is -0.126. The van der Waals surface area contributed by atoms with E-state index < -0.39 is 17.7 Å². The number of hydrogen-bond donors (Lipinski definition) is 1. The standard InChI is InChI=1S/C16H29NO3/c1-11(2)13(17-15(19)20-16(3,4)5)14(18)12-9-7-6-8-10-12/h11-13H,6-10H2,1-5H3,(H,17,19). The summed E-state index contributed by atoms with van der Waals surface area (Å²) >= 11 is 0. The Kier molecular flexibility index (Phi) is 6.03. The largest absolute Gasteiger partial charge is 0.444 e. The summed E-state index contributed by atoms with van der Waals surface area (Å²) in [6.07, 6.45) is 4.87. The van der Waals surface area contributed by atoms with E-state index in [1.54, 1.807) is 0 Å². The van der Waals surface area contributed by atoms with Crippen molar-refractivity contribution < 1.29 is 14.3 Å². The monoisotopic (exact) mass is 283 g/mol. The van der Waals surface area contributed by atoms with E-state index in [1.165, 1.54) is 6.42 Å². The Morgan fingerprint density at radius 1 is 1.10 bits per heavy atom. The highest BCUT2D eigenvalue weighted by Crippen LogP contribution is 2.26. The number of carbonyl (C=O) groups is 2. The molecule has 1 rings (SSSR count). The van der Waals surface area contributed by atoms with Gasteiger partial charge < -0.3 is 10.1 Å². The summed E-state index contributed by atoms with van der Waals surface area (Å²) in [6, 6.07) is -0.437. The molecule has 0 spiro atoms. The molecule has 0 heterocycles. The average Bonchev–Trinajstić information content (AvgIpc) is 2.34. The molecule has 0 bridgehead atoms. The van der Waals surface area contributed by atoms with Crippen LogP contribution >= 0.6 is 0 Å². The third kappa shape index (κ3) is 5.51. The van der Waals surface area contributed by atoms with Gasteiger partial charge in [0.2, 0.25) is 0 Å². The highest BCUT2D eigenvalue weighted by atomic mass is 16.6. The predicted octanol–water partition coefficient (Wildman–Crippen LogP) is 3.69. The fourth-order valence-electron chi connectivity index (χ4n) is 2.64. The lowest BCUT2D eigenvalue weighted by atomic mass is 9.81. The van der Waals surface area contributed by atoms with E-state index in [-0.39, 0.29) is 17.6 Å². The van der Waals surface area contributed by atoms with Gasteiger partial charge in [0.25, 0.3) is 0 Å². The lowest BCUT2D eigenvalue weighted by Gasteiger charge is -2.29. The minimum absolute atomic E-state index is 0.0805. The van der Waals surface area contributed by atoms with Crippen molar-refractivity contribution >= 4 is 11.9 Å². The number of ether oxygens (including phenoxy) is 1. The summed E-state index contributed by atoms with van der Waals surface area (Å²) in [5.41, 5.74) is -0.542. The van der Waals surface area contributed by atoms with Crippen molar-refractivity contribution in [1.82, 2.24) is 5.32 Å². The van der Waals surface area contributed by atoms with Gasteiger partial charge in [-0.2, -0.15) is 0 Å². The molecule has 1 amide bonds. The molecule has 0 aliphatic heterocycles. The number of hydrogen-bond acceptors (Lipinski definition) is 3. The van der Waals surface area contributed by atoms with Gasteiger partial charge in [0.15, 0.2) is 5.78 Å². The second-order valence-electron chi connectivity index (χ2n) is 7.11. The first-order valence-electron chi connectivity index (χ1n) is 7.74. The van der Waals surface area contributed by atoms with Gasteiger partial charge >= 0.3 is 6.09 Å². The molecule has 116 valence electrons. The van der Waals surface area contributed by atoms with Crippen LogP contribution in [0.15, 0.2) is 0 Å². The van der Waals surface area contributed by atoms with Crippen molar-refractivity contribution in [3.63, 3.8) is 0 Å². The first-order chi connectivity index (χ1) is 9.20. The van der Waals surface area contributed by atoms with Gasteiger partial charge in [-0.3, -0.25) is 4.79 Å². The number of rotatable bonds is 4. The van der Waals surface area contributed by atoms with Crippen LogP contribution in [-0.4, -0.2) is 23.5 Å². The quantitative estimate of drug-likeness (QED) is 0.856. The average molecular weight is 283 g/mol. The van der Waals surface area contributed by atoms with E-state index in [4.69, 9.17) is 4.74 Å². The highest BCUT2D eigenvalue weighted by Gasteiger charge is 2.32. The van der Waals surface area contributed by atoms with Gasteiger partial charge in [0.05, 0.1) is 6.04 Å². The van der Waals surface area contributed by atoms with Gasteiger partial charge in [-0.15, -0.1) is 0 Å². The van der Waals surface area contributed by atoms with Crippen molar-refractivity contribution in [3.05, 3.63) is 0 Å². The topological polar surface area (TPSA) is 55.4 Å². The van der Waals surface area contributed by atoms with E-state index in [1.807, 2.05) is 34.6 Å². The third-order valence-corrected chi connectivity index (χ3v) is 3.65. The maximum Gasteiger partial charge on any atom is 0.408 e. The highest BCUT2D eigenvalue weighted by molar-refractivity contribution is 5.89. The normalized spacial score (nSPS) is 18.7. The minimum Gasteiger partial charge on any atom is -0.444 e. The van der Waals surface area contributed by atoms with Crippen molar-refractivity contribution in [3.8, 4) is 0 Å². The van der Waals surface area contributed by atoms with Crippen LogP contribution in [0.2, 0.25) is 0 Å². The van der Waals surface area contributed by atoms with E-state index in [2.05, 4.69) is 5.32 Å². The molecule has 1 atom stereocenters. The Labute approximate surface area is 122 Å². The van der Waals surface area contributed by atoms with Crippen LogP contribution < -0.4 is 5.32 Å². The molecule has 1 saturated carbocycles. The van der Waals surface area contributed by atoms with Crippen LogP contribution in [0.5, 0.6) is 0 Å². The van der Waals surface area contributed by atoms with Crippen molar-refractivity contribution in [2.45, 2.75) is 78.4 Å². The second kappa shape index (κ2) is 7.09. The molecule has 4 nitrogen and oxygen atoms in total. The fourth-order valence-corrected chi connectivity index (χ4v) is 2.64. The van der Waals surface area contributed by atoms with Crippen molar-refractivity contribution in [1.29, 1.82) is 0 Å². The summed E-state index contributed by atoms with van der Waals surface area (Å²) in [7, 11) is 0. The molecule has 0 aromatic carbocycles. The van der Waals surface area contributed by atoms with Crippen LogP contribution in [0.4, 0.5) is 4.79 Å². The Hall–Kier alpha value is -1.06. The number of carbonyl (C=O) groups excluding carboxylic acids is 2. The fraction of sp³-hybridized carbons (Fsp3) is 0.875. The van der Waals surface area contributed by atoms with Crippen LogP contribution in [0.25, 0.3) is 0 Å². The summed E-state index contributed by atoms with van der Waals surface area (Å²) in [5.74, 6) is 0.355. The van der Waals surface area contributed by atoms with Crippen molar-refractivity contribution in [2.24, 2.45) is 11.8 Å². The zero-order valence-corrected chi connectivity index (χ0v) is 13.5. The van der Waals surface area contributed by atoms with Gasteiger partial charge in [0, 0.05) is 5.92 Å². The maximum absolute atomic E-state index is 12.6. The molecular formula is C16H29NO3. The number of Topliss-reactive ketones (excluding diaryl/α,β-unsaturated/α-hetero) is 1. The number of nitrogens with one attached hydrogen (secondary N) is 1. The van der Waals surface area contributed by atoms with E-state index in [9.17, 15) is 9.59 Å². The Bertz CT molecular complexity index is 338. The molecule has 0 radical (unpaired) electrons. The van der Waals surface area contributed by atoms with Gasteiger partial charge in [-0.1, -0.05) is 33.1 Å². The zero-order chi connectivity index (χ0) is 15.3. The molecule has 1 fully saturated rings. The van der Waals surface area contributed by atoms with Crippen LogP contribution in [-0.2, 0) is 9.53 Å². The first kappa shape index (κ1) is 17.0. The van der Waals surface area contributed by atoms with Crippen LogP contribution in [0, 0.1) is 11.8 Å². The summed E-state index contributed by atoms with van der Waals surface area (Å²) < 4.78 is 5.25. The van der Waals surface area contributed by atoms with E-state index in [0.717, 1.165) is 25.7 Å². The number of ketones is 1. The van der Waals surface area contributed by atoms with E-state index >= 15 is 0 Å². The number of amides is 1. The molecular weight excluding hydrogens is 254 g/mol. The zero-order valence-electron chi connectivity index (χ0n) is 13.5. The van der Waals surface area contributed by atoms with Crippen LogP contribution in [0.3, 0.4) is 0 Å². The molecule has 1 unspecified atom stereocenters. The maximum atomic E-state index is 12.6. The minimum atomic E-state index is -0.542. The molecule has 20 heavy (non-hydrogen) atoms. The Balaban J connectivity index is 2.63. The molecule has 1 aliphatic rings. The first-order valence-corrected chi connectivity index (χ1v) is 7.74. The van der Waals surface area contributed by atoms with Crippen LogP contribution in [0.1, 0.15) is 66.7 Å². The number of alkyl carbamates (subject to hydrolysis) is 1. The molecule has 1 aliphatic carbocycles. The third-order valence-electron chi connectivity index (χ3n) is 3.65. The smallest absolute Gasteiger partial charge is 0.408 e. The van der Waals surface area contributed by atoms with E-state index in [0.29, 0.717) is 0 Å². The van der Waals surface area contributed by atoms with Gasteiger partial charge in [0.1, 0.15) is 5.60 Å². The summed E-state index contributed by atoms with van der Waals surface area (Å²) in [4.78, 5) is 24.4. The summed E-state index contributed by atoms with van der Waals surface area (Å²) in [6.45, 7) is 9.38. The SMILES string of the molecule is CC(C)C(NC(=O)OC(C)(C)C)C(=O)C1CCCCC1. The molecule has 4 heteroatoms. The Morgan fingerprint density at radius 3 is 2.10 bits per heavy atom.